The summed E-state index contributed by atoms with van der Waals surface area (Å²) < 4.78 is 5.67. The summed E-state index contributed by atoms with van der Waals surface area (Å²) in [6.45, 7) is 5.62. The monoisotopic (exact) mass is 344 g/mol. The van der Waals surface area contributed by atoms with E-state index < -0.39 is 0 Å². The molecule has 5 heteroatoms. The SMILES string of the molecule is CC(C)COc1ccc(CCNC(=O)c2cnc(C3CC3)s2)cc1. The number of aromatic nitrogens is 1. The molecule has 4 nitrogen and oxygen atoms in total. The summed E-state index contributed by atoms with van der Waals surface area (Å²) in [5, 5.41) is 4.08. The van der Waals surface area contributed by atoms with Gasteiger partial charge in [-0.15, -0.1) is 11.3 Å². The fourth-order valence-corrected chi connectivity index (χ4v) is 3.34. The van der Waals surface area contributed by atoms with Crippen molar-refractivity contribution in [3.05, 3.63) is 45.9 Å². The van der Waals surface area contributed by atoms with Crippen molar-refractivity contribution >= 4 is 17.2 Å². The van der Waals surface area contributed by atoms with Gasteiger partial charge in [0.1, 0.15) is 10.6 Å². The second-order valence-electron chi connectivity index (χ2n) is 6.69. The van der Waals surface area contributed by atoms with Gasteiger partial charge in [-0.05, 0) is 42.9 Å². The molecule has 0 bridgehead atoms. The van der Waals surface area contributed by atoms with Crippen LogP contribution in [-0.2, 0) is 6.42 Å². The number of benzene rings is 1. The molecule has 1 aliphatic rings. The summed E-state index contributed by atoms with van der Waals surface area (Å²) in [5.74, 6) is 2.00. The van der Waals surface area contributed by atoms with Crippen molar-refractivity contribution < 1.29 is 9.53 Å². The van der Waals surface area contributed by atoms with Crippen molar-refractivity contribution in [2.24, 2.45) is 5.92 Å². The van der Waals surface area contributed by atoms with E-state index in [1.165, 1.54) is 29.7 Å². The van der Waals surface area contributed by atoms with Crippen LogP contribution in [0.15, 0.2) is 30.5 Å². The van der Waals surface area contributed by atoms with Crippen LogP contribution in [0.1, 0.15) is 52.8 Å². The van der Waals surface area contributed by atoms with E-state index in [9.17, 15) is 4.79 Å². The zero-order valence-corrected chi connectivity index (χ0v) is 15.1. The van der Waals surface area contributed by atoms with Crippen molar-refractivity contribution in [3.63, 3.8) is 0 Å². The van der Waals surface area contributed by atoms with Gasteiger partial charge in [0.2, 0.25) is 0 Å². The molecule has 128 valence electrons. The number of hydrogen-bond acceptors (Lipinski definition) is 4. The lowest BCUT2D eigenvalue weighted by Gasteiger charge is -2.09. The number of rotatable bonds is 8. The van der Waals surface area contributed by atoms with Crippen LogP contribution in [0.3, 0.4) is 0 Å². The third-order valence-corrected chi connectivity index (χ3v) is 5.04. The van der Waals surface area contributed by atoms with E-state index in [4.69, 9.17) is 4.74 Å². The minimum atomic E-state index is -0.0173. The van der Waals surface area contributed by atoms with E-state index in [-0.39, 0.29) is 5.91 Å². The van der Waals surface area contributed by atoms with Crippen LogP contribution in [0, 0.1) is 5.92 Å². The minimum absolute atomic E-state index is 0.0173. The van der Waals surface area contributed by atoms with Gasteiger partial charge in [0.25, 0.3) is 5.91 Å². The van der Waals surface area contributed by atoms with Crippen molar-refractivity contribution in [1.82, 2.24) is 10.3 Å². The predicted molar refractivity (Wildman–Crippen MR) is 96.9 cm³/mol. The Morgan fingerprint density at radius 3 is 2.75 bits per heavy atom. The zero-order valence-electron chi connectivity index (χ0n) is 14.2. The highest BCUT2D eigenvalue weighted by atomic mass is 32.1. The van der Waals surface area contributed by atoms with E-state index in [1.54, 1.807) is 6.20 Å². The first-order chi connectivity index (χ1) is 11.6. The number of ether oxygens (including phenoxy) is 1. The number of carbonyl (C=O) groups excluding carboxylic acids is 1. The first kappa shape index (κ1) is 17.0. The smallest absolute Gasteiger partial charge is 0.263 e. The van der Waals surface area contributed by atoms with Gasteiger partial charge >= 0.3 is 0 Å². The second kappa shape index (κ2) is 7.79. The zero-order chi connectivity index (χ0) is 16.9. The molecule has 1 aromatic carbocycles. The number of nitrogens with zero attached hydrogens (tertiary/aromatic N) is 1. The van der Waals surface area contributed by atoms with E-state index in [0.717, 1.165) is 23.8 Å². The van der Waals surface area contributed by atoms with Crippen molar-refractivity contribution in [1.29, 1.82) is 0 Å². The highest BCUT2D eigenvalue weighted by Crippen LogP contribution is 2.41. The fourth-order valence-electron chi connectivity index (χ4n) is 2.33. The molecule has 2 aromatic rings. The lowest BCUT2D eigenvalue weighted by Crippen LogP contribution is -2.24. The number of thiazole rings is 1. The van der Waals surface area contributed by atoms with Gasteiger partial charge in [-0.3, -0.25) is 4.79 Å². The lowest BCUT2D eigenvalue weighted by atomic mass is 10.1. The topological polar surface area (TPSA) is 51.2 Å². The summed E-state index contributed by atoms with van der Waals surface area (Å²) in [6.07, 6.45) is 4.94. The molecule has 0 radical (unpaired) electrons. The molecule has 0 unspecified atom stereocenters. The number of amides is 1. The number of nitrogens with one attached hydrogen (secondary N) is 1. The Hall–Kier alpha value is -1.88. The van der Waals surface area contributed by atoms with Crippen LogP contribution in [0.25, 0.3) is 0 Å². The highest BCUT2D eigenvalue weighted by molar-refractivity contribution is 7.13. The van der Waals surface area contributed by atoms with Crippen LogP contribution in [0.5, 0.6) is 5.75 Å². The van der Waals surface area contributed by atoms with E-state index >= 15 is 0 Å². The van der Waals surface area contributed by atoms with Crippen LogP contribution >= 0.6 is 11.3 Å². The van der Waals surface area contributed by atoms with Gasteiger partial charge in [0.15, 0.2) is 0 Å². The summed E-state index contributed by atoms with van der Waals surface area (Å²) in [7, 11) is 0. The molecule has 24 heavy (non-hydrogen) atoms. The lowest BCUT2D eigenvalue weighted by molar-refractivity contribution is 0.0958. The van der Waals surface area contributed by atoms with Gasteiger partial charge in [0, 0.05) is 12.5 Å². The van der Waals surface area contributed by atoms with Crippen LogP contribution in [0.2, 0.25) is 0 Å². The summed E-state index contributed by atoms with van der Waals surface area (Å²) in [5.41, 5.74) is 1.19. The molecule has 3 rings (SSSR count). The molecule has 1 amide bonds. The Balaban J connectivity index is 1.42. The van der Waals surface area contributed by atoms with Crippen LogP contribution < -0.4 is 10.1 Å². The Labute approximate surface area is 147 Å². The quantitative estimate of drug-likeness (QED) is 0.787. The average Bonchev–Trinajstić information content (AvgIpc) is 3.31. The van der Waals surface area contributed by atoms with E-state index in [0.29, 0.717) is 23.3 Å². The van der Waals surface area contributed by atoms with Gasteiger partial charge in [-0.2, -0.15) is 0 Å². The van der Waals surface area contributed by atoms with Gasteiger partial charge in [-0.1, -0.05) is 26.0 Å². The molecule has 1 N–H and O–H groups in total. The predicted octanol–water partition coefficient (Wildman–Crippen LogP) is 4.03. The van der Waals surface area contributed by atoms with E-state index in [1.807, 2.05) is 12.1 Å². The Morgan fingerprint density at radius 2 is 2.08 bits per heavy atom. The number of carbonyl (C=O) groups is 1. The summed E-state index contributed by atoms with van der Waals surface area (Å²) in [4.78, 5) is 17.2. The summed E-state index contributed by atoms with van der Waals surface area (Å²) >= 11 is 1.53. The first-order valence-electron chi connectivity index (χ1n) is 8.57. The van der Waals surface area contributed by atoms with Gasteiger partial charge < -0.3 is 10.1 Å². The largest absolute Gasteiger partial charge is 0.493 e. The third kappa shape index (κ3) is 4.81. The van der Waals surface area contributed by atoms with Crippen LogP contribution in [0.4, 0.5) is 0 Å². The van der Waals surface area contributed by atoms with Crippen molar-refractivity contribution in [2.75, 3.05) is 13.2 Å². The summed E-state index contributed by atoms with van der Waals surface area (Å²) in [6, 6.07) is 8.09. The molecular weight excluding hydrogens is 320 g/mol. The molecule has 1 heterocycles. The van der Waals surface area contributed by atoms with Gasteiger partial charge in [0.05, 0.1) is 17.8 Å². The maximum atomic E-state index is 12.1. The molecule has 0 spiro atoms. The molecule has 0 atom stereocenters. The fraction of sp³-hybridized carbons (Fsp3) is 0.474. The third-order valence-electron chi connectivity index (χ3n) is 3.88. The van der Waals surface area contributed by atoms with Crippen LogP contribution in [-0.4, -0.2) is 24.0 Å². The molecule has 0 saturated heterocycles. The second-order valence-corrected chi connectivity index (χ2v) is 7.75. The van der Waals surface area contributed by atoms with Crippen molar-refractivity contribution in [2.45, 2.75) is 39.0 Å². The molecule has 1 aliphatic carbocycles. The molecule has 1 fully saturated rings. The minimum Gasteiger partial charge on any atom is -0.493 e. The average molecular weight is 344 g/mol. The molecule has 0 aliphatic heterocycles. The Bertz CT molecular complexity index is 675. The molecule has 1 saturated carbocycles. The van der Waals surface area contributed by atoms with Crippen molar-refractivity contribution in [3.8, 4) is 5.75 Å². The standard InChI is InChI=1S/C19H24N2O2S/c1-13(2)12-23-16-7-3-14(4-8-16)9-10-20-18(22)17-11-21-19(24-17)15-5-6-15/h3-4,7-8,11,13,15H,5-6,9-10,12H2,1-2H3,(H,20,22). The number of hydrogen-bond donors (Lipinski definition) is 1. The first-order valence-corrected chi connectivity index (χ1v) is 9.39. The molecular formula is C19H24N2O2S. The normalized spacial score (nSPS) is 14.0. The van der Waals surface area contributed by atoms with Gasteiger partial charge in [-0.25, -0.2) is 4.98 Å². The Kier molecular flexibility index (Phi) is 5.51. The van der Waals surface area contributed by atoms with E-state index in [2.05, 4.69) is 36.3 Å². The Morgan fingerprint density at radius 1 is 1.33 bits per heavy atom. The molecule has 1 aromatic heterocycles. The maximum Gasteiger partial charge on any atom is 0.263 e. The maximum absolute atomic E-state index is 12.1. The highest BCUT2D eigenvalue weighted by Gasteiger charge is 2.27.